The second-order valence-corrected chi connectivity index (χ2v) is 12.8. The molecule has 2 aromatic carbocycles. The average Bonchev–Trinajstić information content (AvgIpc) is 3.30. The summed E-state index contributed by atoms with van der Waals surface area (Å²) in [6, 6.07) is 6.76. The van der Waals surface area contributed by atoms with Crippen LogP contribution < -0.4 is 0 Å². The number of benzene rings is 2. The van der Waals surface area contributed by atoms with E-state index < -0.39 is 47.4 Å². The van der Waals surface area contributed by atoms with Crippen molar-refractivity contribution < 1.29 is 40.3 Å². The Balaban J connectivity index is 1.45. The normalized spacial score (nSPS) is 24.2. The smallest absolute Gasteiger partial charge is 0.368 e. The Morgan fingerprint density at radius 3 is 2.05 bits per heavy atom. The summed E-state index contributed by atoms with van der Waals surface area (Å²) in [5.74, 6) is -1.19. The quantitative estimate of drug-likeness (QED) is 0.316. The van der Waals surface area contributed by atoms with Crippen molar-refractivity contribution in [3.63, 3.8) is 0 Å². The van der Waals surface area contributed by atoms with Gasteiger partial charge in [-0.25, -0.2) is 4.39 Å². The molecule has 3 aliphatic heterocycles. The molecule has 0 aromatic heterocycles. The van der Waals surface area contributed by atoms with Crippen molar-refractivity contribution in [3.05, 3.63) is 93.8 Å². The van der Waals surface area contributed by atoms with Gasteiger partial charge in [0.05, 0.1) is 23.3 Å². The van der Waals surface area contributed by atoms with Gasteiger partial charge in [0.15, 0.2) is 0 Å². The minimum Gasteiger partial charge on any atom is -0.368 e. The van der Waals surface area contributed by atoms with E-state index in [0.29, 0.717) is 24.1 Å². The number of halogens is 7. The number of hydrogen-bond acceptors (Lipinski definition) is 3. The number of carbonyl (C=O) groups is 1. The van der Waals surface area contributed by atoms with E-state index in [1.165, 1.54) is 19.1 Å². The van der Waals surface area contributed by atoms with Crippen LogP contribution in [0, 0.1) is 5.82 Å². The molecule has 4 atom stereocenters. The van der Waals surface area contributed by atoms with Gasteiger partial charge in [-0.15, -0.1) is 0 Å². The van der Waals surface area contributed by atoms with Gasteiger partial charge in [0.25, 0.3) is 0 Å². The first kappa shape index (κ1) is 32.2. The maximum absolute atomic E-state index is 13.9. The van der Waals surface area contributed by atoms with Crippen LogP contribution in [-0.4, -0.2) is 53.0 Å². The highest BCUT2D eigenvalue weighted by molar-refractivity contribution is 5.91. The molecule has 1 fully saturated rings. The van der Waals surface area contributed by atoms with Crippen molar-refractivity contribution in [1.29, 1.82) is 0 Å². The highest BCUT2D eigenvalue weighted by Gasteiger charge is 2.48. The van der Waals surface area contributed by atoms with Crippen LogP contribution in [0.15, 0.2) is 65.8 Å². The molecule has 44 heavy (non-hydrogen) atoms. The summed E-state index contributed by atoms with van der Waals surface area (Å²) in [6.07, 6.45) is -6.92. The predicted molar refractivity (Wildman–Crippen MR) is 151 cm³/mol. The maximum atomic E-state index is 13.9. The van der Waals surface area contributed by atoms with Crippen LogP contribution in [0.4, 0.5) is 30.7 Å². The molecule has 5 rings (SSSR count). The average molecular weight is 625 g/mol. The molecule has 2 aromatic rings. The summed E-state index contributed by atoms with van der Waals surface area (Å²) in [6.45, 7) is 9.47. The Bertz CT molecular complexity index is 1420. The van der Waals surface area contributed by atoms with Crippen molar-refractivity contribution in [2.75, 3.05) is 19.6 Å². The lowest BCUT2D eigenvalue weighted by atomic mass is 9.82. The van der Waals surface area contributed by atoms with E-state index in [0.717, 1.165) is 30.7 Å². The topological polar surface area (TPSA) is 32.8 Å². The van der Waals surface area contributed by atoms with Gasteiger partial charge >= 0.3 is 12.4 Å². The van der Waals surface area contributed by atoms with Crippen molar-refractivity contribution in [2.45, 2.75) is 82.6 Å². The molecule has 238 valence electrons. The molecule has 0 bridgehead atoms. The number of nitrogens with zero attached hydrogens (tertiary/aromatic N) is 2. The Hall–Kier alpha value is -3.18. The van der Waals surface area contributed by atoms with Crippen LogP contribution >= 0.6 is 0 Å². The molecule has 4 nitrogen and oxygen atoms in total. The third kappa shape index (κ3) is 6.73. The van der Waals surface area contributed by atoms with E-state index in [2.05, 4.69) is 31.7 Å². The predicted octanol–water partition coefficient (Wildman–Crippen LogP) is 8.06. The monoisotopic (exact) mass is 624 g/mol. The Kier molecular flexibility index (Phi) is 8.52. The number of alkyl halides is 6. The van der Waals surface area contributed by atoms with Crippen molar-refractivity contribution >= 4 is 5.91 Å². The number of carbonyl (C=O) groups excluding carboxylic acids is 1. The maximum Gasteiger partial charge on any atom is 0.416 e. The SMILES string of the molecule is C[C@@H](O[C@H]1CN2C(=O)C=C(C3=CCN(C(C)(C)C)CC3)C[C@H]2[C@@H]1c1ccc(F)cc1)c1cc(C(F)(F)F)cc(C(F)(F)F)c1. The summed E-state index contributed by atoms with van der Waals surface area (Å²) in [7, 11) is 0. The molecule has 0 spiro atoms. The standard InChI is InChI=1S/C33H35F7N2O2/c1-19(22-13-24(32(35,36)37)17-25(14-22)33(38,39)40)44-28-18-42-27(30(28)21-5-7-26(34)8-6-21)15-23(16-29(42)43)20-9-11-41(12-10-20)31(2,3)4/h5-9,13-14,16-17,19,27-28,30H,10-12,15,18H2,1-4H3/t19-,27+,28+,30+/m1/s1. The van der Waals surface area contributed by atoms with Crippen molar-refractivity contribution in [3.8, 4) is 0 Å². The van der Waals surface area contributed by atoms with Crippen molar-refractivity contribution in [1.82, 2.24) is 9.80 Å². The molecule has 0 N–H and O–H groups in total. The number of hydrogen-bond donors (Lipinski definition) is 0. The van der Waals surface area contributed by atoms with Crippen LogP contribution in [0.1, 0.15) is 74.8 Å². The first-order valence-corrected chi connectivity index (χ1v) is 14.6. The molecule has 0 saturated carbocycles. The third-order valence-corrected chi connectivity index (χ3v) is 8.89. The second-order valence-electron chi connectivity index (χ2n) is 12.8. The molecule has 3 heterocycles. The lowest BCUT2D eigenvalue weighted by molar-refractivity contribution is -0.143. The summed E-state index contributed by atoms with van der Waals surface area (Å²) >= 11 is 0. The Morgan fingerprint density at radius 1 is 0.909 bits per heavy atom. The van der Waals surface area contributed by atoms with Crippen LogP contribution in [0.25, 0.3) is 0 Å². The van der Waals surface area contributed by atoms with Gasteiger partial charge in [0.2, 0.25) is 5.91 Å². The van der Waals surface area contributed by atoms with E-state index in [1.54, 1.807) is 23.1 Å². The minimum atomic E-state index is -4.99. The molecular weight excluding hydrogens is 589 g/mol. The number of rotatable bonds is 5. The summed E-state index contributed by atoms with van der Waals surface area (Å²) in [5.41, 5.74) is -0.484. The Morgan fingerprint density at radius 2 is 1.52 bits per heavy atom. The highest BCUT2D eigenvalue weighted by Crippen LogP contribution is 2.45. The first-order chi connectivity index (χ1) is 20.4. The molecule has 3 aliphatic rings. The van der Waals surface area contributed by atoms with E-state index in [4.69, 9.17) is 4.74 Å². The zero-order valence-corrected chi connectivity index (χ0v) is 24.9. The third-order valence-electron chi connectivity index (χ3n) is 8.89. The van der Waals surface area contributed by atoms with E-state index in [-0.39, 0.29) is 35.7 Å². The molecule has 0 radical (unpaired) electrons. The molecule has 1 amide bonds. The van der Waals surface area contributed by atoms with Crippen molar-refractivity contribution in [2.24, 2.45) is 0 Å². The second kappa shape index (κ2) is 11.6. The number of ether oxygens (including phenoxy) is 1. The fraction of sp³-hybridized carbons (Fsp3) is 0.485. The van der Waals surface area contributed by atoms with Crippen LogP contribution in [-0.2, 0) is 21.9 Å². The highest BCUT2D eigenvalue weighted by atomic mass is 19.4. The molecule has 11 heteroatoms. The first-order valence-electron chi connectivity index (χ1n) is 14.6. The zero-order valence-electron chi connectivity index (χ0n) is 24.9. The van der Waals surface area contributed by atoms with Gasteiger partial charge in [0, 0.05) is 43.2 Å². The lowest BCUT2D eigenvalue weighted by Crippen LogP contribution is -2.44. The zero-order chi connectivity index (χ0) is 32.2. The van der Waals surface area contributed by atoms with Gasteiger partial charge in [-0.05, 0) is 93.1 Å². The molecule has 0 aliphatic carbocycles. The fourth-order valence-electron chi connectivity index (χ4n) is 6.49. The number of amides is 1. The van der Waals surface area contributed by atoms with Gasteiger partial charge in [-0.3, -0.25) is 9.69 Å². The van der Waals surface area contributed by atoms with Crippen LogP contribution in [0.5, 0.6) is 0 Å². The van der Waals surface area contributed by atoms with Crippen LogP contribution in [0.3, 0.4) is 0 Å². The Labute approximate surface area is 252 Å². The molecule has 1 saturated heterocycles. The lowest BCUT2D eigenvalue weighted by Gasteiger charge is -2.39. The number of fused-ring (bicyclic) bond motifs is 1. The minimum absolute atomic E-state index is 0.00351. The van der Waals surface area contributed by atoms with Gasteiger partial charge in [-0.1, -0.05) is 18.2 Å². The molecular formula is C33H35F7N2O2. The summed E-state index contributed by atoms with van der Waals surface area (Å²) in [4.78, 5) is 17.4. The van der Waals surface area contributed by atoms with Gasteiger partial charge < -0.3 is 9.64 Å². The van der Waals surface area contributed by atoms with Gasteiger partial charge in [0.1, 0.15) is 5.82 Å². The summed E-state index contributed by atoms with van der Waals surface area (Å²) < 4.78 is 101. The van der Waals surface area contributed by atoms with E-state index in [9.17, 15) is 35.5 Å². The van der Waals surface area contributed by atoms with Gasteiger partial charge in [-0.2, -0.15) is 26.3 Å². The van der Waals surface area contributed by atoms with E-state index in [1.807, 2.05) is 0 Å². The molecule has 0 unspecified atom stereocenters. The van der Waals surface area contributed by atoms with Crippen LogP contribution in [0.2, 0.25) is 0 Å². The van der Waals surface area contributed by atoms with E-state index >= 15 is 0 Å². The largest absolute Gasteiger partial charge is 0.416 e. The fourth-order valence-corrected chi connectivity index (χ4v) is 6.49. The summed E-state index contributed by atoms with van der Waals surface area (Å²) in [5, 5.41) is 0.